The lowest BCUT2D eigenvalue weighted by Crippen LogP contribution is -2.14. The molecule has 2 aromatic carbocycles. The number of benzene rings is 2. The van der Waals surface area contributed by atoms with Crippen molar-refractivity contribution in [3.05, 3.63) is 52.0 Å². The van der Waals surface area contributed by atoms with Gasteiger partial charge in [-0.25, -0.2) is 0 Å². The van der Waals surface area contributed by atoms with Crippen molar-refractivity contribution in [2.75, 3.05) is 16.4 Å². The average Bonchev–Trinajstić information content (AvgIpc) is 3.09. The number of nitrogens with zero attached hydrogens (tertiary/aromatic N) is 3. The van der Waals surface area contributed by atoms with Crippen LogP contribution in [0.5, 0.6) is 0 Å². The molecule has 1 heterocycles. The largest absolute Gasteiger partial charge is 0.326 e. The van der Waals surface area contributed by atoms with Gasteiger partial charge in [-0.3, -0.25) is 9.59 Å². The average molecular weight is 509 g/mol. The Balaban J connectivity index is 1.62. The van der Waals surface area contributed by atoms with E-state index in [9.17, 15) is 9.59 Å². The van der Waals surface area contributed by atoms with Crippen molar-refractivity contribution in [2.45, 2.75) is 18.5 Å². The normalized spacial score (nSPS) is 10.7. The van der Waals surface area contributed by atoms with Crippen molar-refractivity contribution in [2.24, 2.45) is 7.05 Å². The molecular formula is C20H19BrClN5O2S. The Morgan fingerprint density at radius 1 is 1.10 bits per heavy atom. The molecule has 3 rings (SSSR count). The summed E-state index contributed by atoms with van der Waals surface area (Å²) in [6.45, 7) is 1.80. The van der Waals surface area contributed by atoms with E-state index in [-0.39, 0.29) is 17.6 Å². The van der Waals surface area contributed by atoms with Crippen LogP contribution in [0, 0.1) is 0 Å². The number of amides is 2. The number of hydrogen-bond acceptors (Lipinski definition) is 5. The quantitative estimate of drug-likeness (QED) is 0.440. The SMILES string of the molecule is CCC(=O)Nc1ccc(-c2nnc(SCC(=O)Nc3ccc(Br)cc3Cl)n2C)cc1. The summed E-state index contributed by atoms with van der Waals surface area (Å²) < 4.78 is 2.66. The maximum absolute atomic E-state index is 12.3. The fourth-order valence-electron chi connectivity index (χ4n) is 2.55. The van der Waals surface area contributed by atoms with Gasteiger partial charge in [0.1, 0.15) is 0 Å². The molecule has 0 spiro atoms. The Kier molecular flexibility index (Phi) is 7.52. The van der Waals surface area contributed by atoms with Gasteiger partial charge in [0.05, 0.1) is 16.5 Å². The molecule has 156 valence electrons. The number of aromatic nitrogens is 3. The Morgan fingerprint density at radius 3 is 2.50 bits per heavy atom. The maximum atomic E-state index is 12.3. The van der Waals surface area contributed by atoms with Crippen LogP contribution in [0.15, 0.2) is 52.1 Å². The van der Waals surface area contributed by atoms with Crippen molar-refractivity contribution in [3.63, 3.8) is 0 Å². The number of nitrogens with one attached hydrogen (secondary N) is 2. The summed E-state index contributed by atoms with van der Waals surface area (Å²) in [5.74, 6) is 0.607. The van der Waals surface area contributed by atoms with E-state index in [4.69, 9.17) is 11.6 Å². The second-order valence-corrected chi connectivity index (χ2v) is 8.57. The summed E-state index contributed by atoms with van der Waals surface area (Å²) in [7, 11) is 1.84. The predicted octanol–water partition coefficient (Wildman–Crippen LogP) is 4.98. The number of hydrogen-bond donors (Lipinski definition) is 2. The highest BCUT2D eigenvalue weighted by Gasteiger charge is 2.14. The molecule has 0 atom stereocenters. The molecule has 0 saturated heterocycles. The molecule has 0 bridgehead atoms. The third-order valence-corrected chi connectivity index (χ3v) is 5.95. The van der Waals surface area contributed by atoms with Crippen LogP contribution in [-0.2, 0) is 16.6 Å². The third-order valence-electron chi connectivity index (χ3n) is 4.12. The van der Waals surface area contributed by atoms with E-state index in [1.165, 1.54) is 11.8 Å². The number of thioether (sulfide) groups is 1. The second-order valence-electron chi connectivity index (χ2n) is 6.31. The van der Waals surface area contributed by atoms with Crippen LogP contribution in [0.4, 0.5) is 11.4 Å². The van der Waals surface area contributed by atoms with Gasteiger partial charge in [0.25, 0.3) is 0 Å². The standard InChI is InChI=1S/C20H19BrClN5O2S/c1-3-17(28)23-14-7-4-12(5-8-14)19-25-26-20(27(19)2)30-11-18(29)24-16-9-6-13(21)10-15(16)22/h4-10H,3,11H2,1-2H3,(H,23,28)(H,24,29). The molecular weight excluding hydrogens is 490 g/mol. The number of anilines is 2. The Morgan fingerprint density at radius 2 is 1.83 bits per heavy atom. The third kappa shape index (κ3) is 5.62. The Labute approximate surface area is 191 Å². The van der Waals surface area contributed by atoms with Gasteiger partial charge in [-0.2, -0.15) is 0 Å². The lowest BCUT2D eigenvalue weighted by Gasteiger charge is -2.08. The van der Waals surface area contributed by atoms with Crippen LogP contribution < -0.4 is 10.6 Å². The summed E-state index contributed by atoms with van der Waals surface area (Å²) >= 11 is 10.7. The molecule has 0 aliphatic carbocycles. The topological polar surface area (TPSA) is 88.9 Å². The molecule has 0 unspecified atom stereocenters. The Bertz CT molecular complexity index is 1070. The minimum atomic E-state index is -0.190. The van der Waals surface area contributed by atoms with Crippen molar-refractivity contribution < 1.29 is 9.59 Å². The van der Waals surface area contributed by atoms with Crippen molar-refractivity contribution in [3.8, 4) is 11.4 Å². The zero-order chi connectivity index (χ0) is 21.7. The minimum absolute atomic E-state index is 0.0391. The van der Waals surface area contributed by atoms with Gasteiger partial charge < -0.3 is 15.2 Å². The number of halogens is 2. The van der Waals surface area contributed by atoms with Gasteiger partial charge in [0.2, 0.25) is 11.8 Å². The fourth-order valence-corrected chi connectivity index (χ4v) is 3.98. The van der Waals surface area contributed by atoms with Crippen LogP contribution in [0.2, 0.25) is 5.02 Å². The molecule has 2 N–H and O–H groups in total. The van der Waals surface area contributed by atoms with Crippen molar-refractivity contribution in [1.29, 1.82) is 0 Å². The predicted molar refractivity (Wildman–Crippen MR) is 124 cm³/mol. The first-order chi connectivity index (χ1) is 14.4. The molecule has 0 aliphatic rings. The van der Waals surface area contributed by atoms with E-state index < -0.39 is 0 Å². The summed E-state index contributed by atoms with van der Waals surface area (Å²) in [6.07, 6.45) is 0.424. The van der Waals surface area contributed by atoms with Gasteiger partial charge in [-0.05, 0) is 42.5 Å². The minimum Gasteiger partial charge on any atom is -0.326 e. The molecule has 1 aromatic heterocycles. The van der Waals surface area contributed by atoms with Crippen LogP contribution in [0.25, 0.3) is 11.4 Å². The number of carbonyl (C=O) groups is 2. The van der Waals surface area contributed by atoms with E-state index in [2.05, 4.69) is 36.8 Å². The van der Waals surface area contributed by atoms with E-state index >= 15 is 0 Å². The number of rotatable bonds is 7. The van der Waals surface area contributed by atoms with Crippen LogP contribution in [0.1, 0.15) is 13.3 Å². The molecule has 0 fully saturated rings. The second kappa shape index (κ2) is 10.1. The molecule has 7 nitrogen and oxygen atoms in total. The van der Waals surface area contributed by atoms with Crippen molar-refractivity contribution >= 4 is 62.5 Å². The summed E-state index contributed by atoms with van der Waals surface area (Å²) in [5, 5.41) is 15.1. The van der Waals surface area contributed by atoms with Gasteiger partial charge in [0.15, 0.2) is 11.0 Å². The molecule has 0 radical (unpaired) electrons. The first kappa shape index (κ1) is 22.3. The van der Waals surface area contributed by atoms with Crippen LogP contribution >= 0.6 is 39.3 Å². The highest BCUT2D eigenvalue weighted by atomic mass is 79.9. The zero-order valence-electron chi connectivity index (χ0n) is 16.3. The number of carbonyl (C=O) groups excluding carboxylic acids is 2. The highest BCUT2D eigenvalue weighted by Crippen LogP contribution is 2.27. The molecule has 0 aliphatic heterocycles. The van der Waals surface area contributed by atoms with Crippen molar-refractivity contribution in [1.82, 2.24) is 14.8 Å². The van der Waals surface area contributed by atoms with Gasteiger partial charge >= 0.3 is 0 Å². The highest BCUT2D eigenvalue weighted by molar-refractivity contribution is 9.10. The van der Waals surface area contributed by atoms with E-state index in [1.54, 1.807) is 19.1 Å². The lowest BCUT2D eigenvalue weighted by molar-refractivity contribution is -0.116. The zero-order valence-corrected chi connectivity index (χ0v) is 19.4. The summed E-state index contributed by atoms with van der Waals surface area (Å²) in [6, 6.07) is 12.6. The lowest BCUT2D eigenvalue weighted by atomic mass is 10.2. The van der Waals surface area contributed by atoms with Crippen LogP contribution in [-0.4, -0.2) is 32.3 Å². The molecule has 3 aromatic rings. The molecule has 30 heavy (non-hydrogen) atoms. The van der Waals surface area contributed by atoms with E-state index in [0.29, 0.717) is 28.1 Å². The van der Waals surface area contributed by atoms with Gasteiger partial charge in [-0.15, -0.1) is 10.2 Å². The molecule has 2 amide bonds. The summed E-state index contributed by atoms with van der Waals surface area (Å²) in [5.41, 5.74) is 2.14. The van der Waals surface area contributed by atoms with Gasteiger partial charge in [-0.1, -0.05) is 46.2 Å². The Hall–Kier alpha value is -2.36. The fraction of sp³-hybridized carbons (Fsp3) is 0.200. The smallest absolute Gasteiger partial charge is 0.234 e. The van der Waals surface area contributed by atoms with Gasteiger partial charge in [0, 0.05) is 29.2 Å². The van der Waals surface area contributed by atoms with E-state index in [0.717, 1.165) is 15.7 Å². The van der Waals surface area contributed by atoms with Crippen LogP contribution in [0.3, 0.4) is 0 Å². The van der Waals surface area contributed by atoms with E-state index in [1.807, 2.05) is 41.9 Å². The molecule has 10 heteroatoms. The first-order valence-electron chi connectivity index (χ1n) is 9.04. The first-order valence-corrected chi connectivity index (χ1v) is 11.2. The maximum Gasteiger partial charge on any atom is 0.234 e. The monoisotopic (exact) mass is 507 g/mol. The molecule has 0 saturated carbocycles. The summed E-state index contributed by atoms with van der Waals surface area (Å²) in [4.78, 5) is 23.8.